The summed E-state index contributed by atoms with van der Waals surface area (Å²) >= 11 is 0. The minimum Gasteiger partial charge on any atom is -0.496 e. The van der Waals surface area contributed by atoms with E-state index in [0.29, 0.717) is 6.61 Å². The minimum absolute atomic E-state index is 0.256. The smallest absolute Gasteiger partial charge is 0.123 e. The first-order valence-corrected chi connectivity index (χ1v) is 7.50. The average Bonchev–Trinajstić information content (AvgIpc) is 2.84. The average molecular weight is 291 g/mol. The highest BCUT2D eigenvalue weighted by atomic mass is 16.5. The molecule has 0 spiro atoms. The van der Waals surface area contributed by atoms with Gasteiger partial charge in [-0.25, -0.2) is 0 Å². The standard InChI is InChI=1S/C17H25NO3/c1-4-5-7-20-8-6-18-12-15-11-17-14(9-13(2)21-17)10-16(15)19-3/h4,10-11,13,18H,1,5-9,12H2,2-3H3. The van der Waals surface area contributed by atoms with Crippen molar-refractivity contribution in [3.8, 4) is 11.5 Å². The third-order valence-electron chi connectivity index (χ3n) is 3.50. The number of methoxy groups -OCH3 is 1. The van der Waals surface area contributed by atoms with Crippen LogP contribution in [-0.4, -0.2) is 33.0 Å². The van der Waals surface area contributed by atoms with Gasteiger partial charge in [-0.2, -0.15) is 0 Å². The number of hydrogen-bond donors (Lipinski definition) is 1. The van der Waals surface area contributed by atoms with Crippen LogP contribution in [0.3, 0.4) is 0 Å². The topological polar surface area (TPSA) is 39.7 Å². The van der Waals surface area contributed by atoms with Gasteiger partial charge in [-0.3, -0.25) is 0 Å². The lowest BCUT2D eigenvalue weighted by Gasteiger charge is -2.12. The van der Waals surface area contributed by atoms with Crippen LogP contribution in [0.5, 0.6) is 11.5 Å². The molecule has 2 rings (SSSR count). The van der Waals surface area contributed by atoms with Crippen LogP contribution < -0.4 is 14.8 Å². The normalized spacial score (nSPS) is 16.4. The molecule has 0 amide bonds. The number of rotatable bonds is 9. The third-order valence-corrected chi connectivity index (χ3v) is 3.50. The Bertz CT molecular complexity index is 473. The Kier molecular flexibility index (Phi) is 6.08. The summed E-state index contributed by atoms with van der Waals surface area (Å²) in [5.74, 6) is 1.91. The SMILES string of the molecule is C=CCCOCCNCc1cc2c(cc1OC)CC(C)O2. The van der Waals surface area contributed by atoms with Gasteiger partial charge in [0.1, 0.15) is 17.6 Å². The molecule has 1 aliphatic rings. The first kappa shape index (κ1) is 15.9. The minimum atomic E-state index is 0.256. The molecule has 1 aromatic rings. The van der Waals surface area contributed by atoms with E-state index in [1.807, 2.05) is 6.08 Å². The lowest BCUT2D eigenvalue weighted by atomic mass is 10.1. The Morgan fingerprint density at radius 3 is 3.05 bits per heavy atom. The molecule has 4 nitrogen and oxygen atoms in total. The van der Waals surface area contributed by atoms with Crippen LogP contribution in [0.4, 0.5) is 0 Å². The maximum absolute atomic E-state index is 5.80. The Hall–Kier alpha value is -1.52. The van der Waals surface area contributed by atoms with Crippen LogP contribution in [0.2, 0.25) is 0 Å². The fraction of sp³-hybridized carbons (Fsp3) is 0.529. The van der Waals surface area contributed by atoms with Crippen molar-refractivity contribution in [2.45, 2.75) is 32.4 Å². The molecule has 1 N–H and O–H groups in total. The first-order valence-electron chi connectivity index (χ1n) is 7.50. The molecule has 4 heteroatoms. The van der Waals surface area contributed by atoms with Crippen LogP contribution in [0, 0.1) is 0 Å². The van der Waals surface area contributed by atoms with Crippen LogP contribution in [0.1, 0.15) is 24.5 Å². The number of ether oxygens (including phenoxy) is 3. The molecule has 0 bridgehead atoms. The van der Waals surface area contributed by atoms with Crippen molar-refractivity contribution < 1.29 is 14.2 Å². The van der Waals surface area contributed by atoms with Crippen molar-refractivity contribution in [3.63, 3.8) is 0 Å². The largest absolute Gasteiger partial charge is 0.496 e. The zero-order valence-electron chi connectivity index (χ0n) is 13.0. The van der Waals surface area contributed by atoms with Gasteiger partial charge in [-0.1, -0.05) is 6.08 Å². The first-order chi connectivity index (χ1) is 10.2. The molecule has 1 atom stereocenters. The summed E-state index contributed by atoms with van der Waals surface area (Å²) in [6.45, 7) is 8.76. The molecule has 0 aromatic heterocycles. The number of nitrogens with one attached hydrogen (secondary N) is 1. The molecule has 0 radical (unpaired) electrons. The van der Waals surface area contributed by atoms with E-state index < -0.39 is 0 Å². The van der Waals surface area contributed by atoms with Gasteiger partial charge in [0.2, 0.25) is 0 Å². The van der Waals surface area contributed by atoms with E-state index in [2.05, 4.69) is 31.0 Å². The molecular formula is C17H25NO3. The van der Waals surface area contributed by atoms with Crippen molar-refractivity contribution in [3.05, 3.63) is 35.9 Å². The van der Waals surface area contributed by atoms with Crippen molar-refractivity contribution in [1.29, 1.82) is 0 Å². The van der Waals surface area contributed by atoms with Crippen LogP contribution in [-0.2, 0) is 17.7 Å². The summed E-state index contributed by atoms with van der Waals surface area (Å²) in [5.41, 5.74) is 2.35. The molecule has 1 aromatic carbocycles. The predicted octanol–water partition coefficient (Wildman–Crippen LogP) is 2.70. The Labute approximate surface area is 127 Å². The number of hydrogen-bond acceptors (Lipinski definition) is 4. The lowest BCUT2D eigenvalue weighted by Crippen LogP contribution is -2.19. The highest BCUT2D eigenvalue weighted by Crippen LogP contribution is 2.34. The molecular weight excluding hydrogens is 266 g/mol. The van der Waals surface area contributed by atoms with Crippen molar-refractivity contribution >= 4 is 0 Å². The van der Waals surface area contributed by atoms with E-state index in [9.17, 15) is 0 Å². The predicted molar refractivity (Wildman–Crippen MR) is 84.1 cm³/mol. The number of fused-ring (bicyclic) bond motifs is 1. The second-order valence-corrected chi connectivity index (χ2v) is 5.27. The molecule has 1 aliphatic heterocycles. The highest BCUT2D eigenvalue weighted by Gasteiger charge is 2.21. The highest BCUT2D eigenvalue weighted by molar-refractivity contribution is 5.48. The molecule has 0 fully saturated rings. The van der Waals surface area contributed by atoms with Crippen molar-refractivity contribution in [2.75, 3.05) is 26.9 Å². The summed E-state index contributed by atoms with van der Waals surface area (Å²) in [7, 11) is 1.71. The van der Waals surface area contributed by atoms with E-state index >= 15 is 0 Å². The number of benzene rings is 1. The lowest BCUT2D eigenvalue weighted by molar-refractivity contribution is 0.140. The second kappa shape index (κ2) is 8.05. The molecule has 21 heavy (non-hydrogen) atoms. The summed E-state index contributed by atoms with van der Waals surface area (Å²) < 4.78 is 16.7. The zero-order chi connectivity index (χ0) is 15.1. The van der Waals surface area contributed by atoms with E-state index in [1.54, 1.807) is 7.11 Å². The zero-order valence-corrected chi connectivity index (χ0v) is 13.0. The monoisotopic (exact) mass is 291 g/mol. The van der Waals surface area contributed by atoms with Gasteiger partial charge in [0.15, 0.2) is 0 Å². The van der Waals surface area contributed by atoms with Crippen molar-refractivity contribution in [1.82, 2.24) is 5.32 Å². The fourth-order valence-corrected chi connectivity index (χ4v) is 2.45. The van der Waals surface area contributed by atoms with Gasteiger partial charge < -0.3 is 19.5 Å². The molecule has 1 heterocycles. The summed E-state index contributed by atoms with van der Waals surface area (Å²) in [4.78, 5) is 0. The Balaban J connectivity index is 1.83. The third kappa shape index (κ3) is 4.48. The van der Waals surface area contributed by atoms with Gasteiger partial charge in [-0.15, -0.1) is 6.58 Å². The Morgan fingerprint density at radius 1 is 1.43 bits per heavy atom. The Morgan fingerprint density at radius 2 is 2.29 bits per heavy atom. The quantitative estimate of drug-likeness (QED) is 0.561. The molecule has 1 unspecified atom stereocenters. The molecule has 0 saturated heterocycles. The molecule has 0 saturated carbocycles. The van der Waals surface area contributed by atoms with E-state index in [0.717, 1.165) is 49.6 Å². The second-order valence-electron chi connectivity index (χ2n) is 5.27. The van der Waals surface area contributed by atoms with Crippen LogP contribution >= 0.6 is 0 Å². The van der Waals surface area contributed by atoms with Gasteiger partial charge in [0.05, 0.1) is 20.3 Å². The molecule has 116 valence electrons. The fourth-order valence-electron chi connectivity index (χ4n) is 2.45. The van der Waals surface area contributed by atoms with Gasteiger partial charge in [0.25, 0.3) is 0 Å². The summed E-state index contributed by atoms with van der Waals surface area (Å²) in [6, 6.07) is 4.18. The maximum atomic E-state index is 5.80. The maximum Gasteiger partial charge on any atom is 0.123 e. The van der Waals surface area contributed by atoms with E-state index in [-0.39, 0.29) is 6.10 Å². The van der Waals surface area contributed by atoms with Crippen LogP contribution in [0.15, 0.2) is 24.8 Å². The van der Waals surface area contributed by atoms with Gasteiger partial charge in [0, 0.05) is 30.6 Å². The van der Waals surface area contributed by atoms with Gasteiger partial charge >= 0.3 is 0 Å². The molecule has 0 aliphatic carbocycles. The van der Waals surface area contributed by atoms with Gasteiger partial charge in [-0.05, 0) is 25.5 Å². The summed E-state index contributed by atoms with van der Waals surface area (Å²) in [6.07, 6.45) is 3.97. The van der Waals surface area contributed by atoms with E-state index in [1.165, 1.54) is 5.56 Å². The van der Waals surface area contributed by atoms with E-state index in [4.69, 9.17) is 14.2 Å². The summed E-state index contributed by atoms with van der Waals surface area (Å²) in [5, 5.41) is 3.37. The van der Waals surface area contributed by atoms with Crippen LogP contribution in [0.25, 0.3) is 0 Å². The van der Waals surface area contributed by atoms with Crippen molar-refractivity contribution in [2.24, 2.45) is 0 Å².